The monoisotopic (exact) mass is 737 g/mol. The van der Waals surface area contributed by atoms with Crippen LogP contribution in [0.5, 0.6) is 17.2 Å². The lowest BCUT2D eigenvalue weighted by atomic mass is 9.76. The molecule has 2 aliphatic rings. The van der Waals surface area contributed by atoms with Crippen molar-refractivity contribution in [1.29, 1.82) is 0 Å². The van der Waals surface area contributed by atoms with Crippen molar-refractivity contribution < 1.29 is 36.9 Å². The number of carbonyl (C=O) groups is 1. The molecule has 0 saturated carbocycles. The van der Waals surface area contributed by atoms with Gasteiger partial charge in [-0.3, -0.25) is 9.69 Å². The second kappa shape index (κ2) is 16.0. The summed E-state index contributed by atoms with van der Waals surface area (Å²) in [5.74, 6) is 2.37. The van der Waals surface area contributed by atoms with Crippen LogP contribution in [0.15, 0.2) is 60.7 Å². The minimum atomic E-state index is -4.45. The number of ether oxygens (including phenoxy) is 4. The van der Waals surface area contributed by atoms with E-state index in [2.05, 4.69) is 9.88 Å². The van der Waals surface area contributed by atoms with E-state index in [0.29, 0.717) is 99.6 Å². The van der Waals surface area contributed by atoms with Gasteiger partial charge in [0, 0.05) is 39.4 Å². The topological polar surface area (TPSA) is 115 Å². The predicted molar refractivity (Wildman–Crippen MR) is 196 cm³/mol. The number of nitrogens with one attached hydrogen (secondary N) is 1. The van der Waals surface area contributed by atoms with Crippen molar-refractivity contribution in [2.45, 2.75) is 63.8 Å². The van der Waals surface area contributed by atoms with Crippen LogP contribution in [0, 0.1) is 11.3 Å². The number of nitrogens with zero attached hydrogens (tertiary/aromatic N) is 3. The number of benzene rings is 3. The summed E-state index contributed by atoms with van der Waals surface area (Å²) in [6.07, 6.45) is -0.708. The summed E-state index contributed by atoms with van der Waals surface area (Å²) >= 11 is 0. The van der Waals surface area contributed by atoms with Crippen molar-refractivity contribution in [3.05, 3.63) is 83.2 Å². The Morgan fingerprint density at radius 1 is 0.981 bits per heavy atom. The number of hydrogen-bond donors (Lipinski definition) is 2. The van der Waals surface area contributed by atoms with Crippen molar-refractivity contribution >= 4 is 16.9 Å². The molecule has 6 rings (SSSR count). The molecule has 2 aliphatic heterocycles. The number of aromatic amines is 1. The molecule has 3 heterocycles. The van der Waals surface area contributed by atoms with E-state index in [0.717, 1.165) is 41.6 Å². The Bertz CT molecular complexity index is 1810. The first kappa shape index (κ1) is 38.4. The summed E-state index contributed by atoms with van der Waals surface area (Å²) in [4.78, 5) is 27.2. The molecule has 0 aliphatic carbocycles. The summed E-state index contributed by atoms with van der Waals surface area (Å²) in [6, 6.07) is 16.7. The first-order chi connectivity index (χ1) is 25.4. The van der Waals surface area contributed by atoms with Crippen LogP contribution in [0.3, 0.4) is 0 Å². The maximum absolute atomic E-state index is 14.7. The molecule has 2 fully saturated rings. The molecule has 0 spiro atoms. The molecule has 0 radical (unpaired) electrons. The van der Waals surface area contributed by atoms with E-state index in [9.17, 15) is 18.0 Å². The van der Waals surface area contributed by atoms with Crippen LogP contribution >= 0.6 is 0 Å². The normalized spacial score (nSPS) is 22.5. The number of aromatic nitrogens is 2. The maximum atomic E-state index is 14.7. The van der Waals surface area contributed by atoms with Gasteiger partial charge in [0.2, 0.25) is 11.7 Å². The molecule has 286 valence electrons. The molecule has 1 amide bonds. The fourth-order valence-electron chi connectivity index (χ4n) is 8.09. The molecule has 2 saturated heterocycles. The van der Waals surface area contributed by atoms with Gasteiger partial charge in [-0.2, -0.15) is 13.2 Å². The van der Waals surface area contributed by atoms with Gasteiger partial charge in [-0.25, -0.2) is 4.98 Å². The van der Waals surface area contributed by atoms with Crippen LogP contribution in [0.25, 0.3) is 11.0 Å². The van der Waals surface area contributed by atoms with Crippen LogP contribution in [-0.4, -0.2) is 79.9 Å². The molecule has 0 bridgehead atoms. The van der Waals surface area contributed by atoms with Crippen molar-refractivity contribution in [2.24, 2.45) is 17.1 Å². The molecule has 4 aromatic rings. The predicted octanol–water partition coefficient (Wildman–Crippen LogP) is 6.91. The molecule has 13 heteroatoms. The highest BCUT2D eigenvalue weighted by Gasteiger charge is 2.49. The van der Waals surface area contributed by atoms with E-state index >= 15 is 0 Å². The Morgan fingerprint density at radius 3 is 2.34 bits per heavy atom. The second-order valence-electron chi connectivity index (χ2n) is 14.3. The third-order valence-corrected chi connectivity index (χ3v) is 11.0. The Labute approximate surface area is 308 Å². The Kier molecular flexibility index (Phi) is 11.6. The van der Waals surface area contributed by atoms with Gasteiger partial charge in [0.15, 0.2) is 11.5 Å². The van der Waals surface area contributed by atoms with Gasteiger partial charge in [0.05, 0.1) is 43.3 Å². The lowest BCUT2D eigenvalue weighted by Gasteiger charge is -2.47. The summed E-state index contributed by atoms with van der Waals surface area (Å²) in [5, 5.41) is 0. The second-order valence-corrected chi connectivity index (χ2v) is 14.3. The Hall–Kier alpha value is -4.33. The average molecular weight is 738 g/mol. The van der Waals surface area contributed by atoms with Crippen LogP contribution < -0.4 is 19.9 Å². The summed E-state index contributed by atoms with van der Waals surface area (Å²) in [5.41, 5.74) is 8.10. The minimum Gasteiger partial charge on any atom is -0.493 e. The number of para-hydroxylation sites is 2. The number of methoxy groups -OCH3 is 3. The quantitative estimate of drug-likeness (QED) is 0.127. The molecule has 3 atom stereocenters. The fraction of sp³-hybridized carbons (Fsp3) is 0.500. The Morgan fingerprint density at radius 2 is 1.70 bits per heavy atom. The highest BCUT2D eigenvalue weighted by atomic mass is 19.4. The van der Waals surface area contributed by atoms with Crippen molar-refractivity contribution in [1.82, 2.24) is 19.8 Å². The highest BCUT2D eigenvalue weighted by molar-refractivity contribution is 5.85. The average Bonchev–Trinajstić information content (AvgIpc) is 3.72. The molecule has 1 aromatic heterocycles. The molecular formula is C40H50F3N5O5. The van der Waals surface area contributed by atoms with Gasteiger partial charge in [-0.1, -0.05) is 24.3 Å². The van der Waals surface area contributed by atoms with E-state index in [-0.39, 0.29) is 5.91 Å². The van der Waals surface area contributed by atoms with E-state index in [1.54, 1.807) is 14.2 Å². The lowest BCUT2D eigenvalue weighted by Crippen LogP contribution is -2.59. The van der Waals surface area contributed by atoms with Gasteiger partial charge in [-0.05, 0) is 98.9 Å². The third-order valence-electron chi connectivity index (χ3n) is 11.0. The number of H-pyrrole nitrogens is 1. The van der Waals surface area contributed by atoms with E-state index < -0.39 is 22.8 Å². The van der Waals surface area contributed by atoms with Gasteiger partial charge in [-0.15, -0.1) is 0 Å². The third kappa shape index (κ3) is 8.12. The van der Waals surface area contributed by atoms with E-state index in [4.69, 9.17) is 29.7 Å². The number of nitrogens with two attached hydrogens (primary N) is 1. The Balaban J connectivity index is 1.30. The molecule has 53 heavy (non-hydrogen) atoms. The number of alkyl halides is 3. The van der Waals surface area contributed by atoms with Gasteiger partial charge in [0.1, 0.15) is 11.5 Å². The van der Waals surface area contributed by atoms with Crippen molar-refractivity contribution in [3.63, 3.8) is 0 Å². The molecule has 10 nitrogen and oxygen atoms in total. The number of piperidine rings is 1. The van der Waals surface area contributed by atoms with E-state index in [1.807, 2.05) is 48.2 Å². The number of fused-ring (bicyclic) bond motifs is 1. The van der Waals surface area contributed by atoms with Gasteiger partial charge in [0.25, 0.3) is 0 Å². The van der Waals surface area contributed by atoms with Crippen LogP contribution in [0.1, 0.15) is 61.5 Å². The van der Waals surface area contributed by atoms with Crippen LogP contribution in [-0.2, 0) is 34.3 Å². The zero-order valence-electron chi connectivity index (χ0n) is 30.9. The zero-order valence-corrected chi connectivity index (χ0v) is 30.9. The smallest absolute Gasteiger partial charge is 0.416 e. The largest absolute Gasteiger partial charge is 0.493 e. The first-order valence-electron chi connectivity index (χ1n) is 18.2. The molecule has 3 N–H and O–H groups in total. The van der Waals surface area contributed by atoms with Gasteiger partial charge >= 0.3 is 6.18 Å². The van der Waals surface area contributed by atoms with Crippen molar-refractivity contribution in [2.75, 3.05) is 54.2 Å². The zero-order chi connectivity index (χ0) is 37.8. The van der Waals surface area contributed by atoms with E-state index in [1.165, 1.54) is 19.2 Å². The first-order valence-corrected chi connectivity index (χ1v) is 18.2. The summed E-state index contributed by atoms with van der Waals surface area (Å²) < 4.78 is 62.7. The van der Waals surface area contributed by atoms with Crippen LogP contribution in [0.4, 0.5) is 13.2 Å². The molecular weight excluding hydrogens is 687 g/mol. The number of rotatable bonds is 15. The number of halogens is 3. The highest BCUT2D eigenvalue weighted by Crippen LogP contribution is 2.44. The minimum absolute atomic E-state index is 0.0518. The van der Waals surface area contributed by atoms with Gasteiger partial charge < -0.3 is 34.6 Å². The van der Waals surface area contributed by atoms with Crippen LogP contribution in [0.2, 0.25) is 0 Å². The number of likely N-dealkylation sites (tertiary alicyclic amines) is 2. The maximum Gasteiger partial charge on any atom is 0.416 e. The SMILES string of the molecule is CCOCCC1CCN(CCC2(Cc3ccc(C(F)(F)F)cc3)CCN(Cc3cc(OC)c(OC)c(OC)c3)C2=O)C(N)(c2nc3ccccc3[nH]2)C1. The summed E-state index contributed by atoms with van der Waals surface area (Å²) in [7, 11) is 4.62. The standard InChI is InChI=1S/C40H50F3N5O5/c1-5-53-21-15-28-14-18-48(39(44,25-28)36-45-31-8-6-7-9-32(31)46-36)20-17-38(24-27-10-12-30(13-11-27)40(41,42)43)16-19-47(37(38)49)26-29-22-33(50-2)35(52-4)34(23-29)51-3/h6-13,22-23,28H,5,14-21,24-26,44H2,1-4H3,(H,45,46). The number of imidazole rings is 1. The number of carbonyl (C=O) groups excluding carboxylic acids is 1. The fourth-order valence-corrected chi connectivity index (χ4v) is 8.09. The molecule has 3 aromatic carbocycles. The number of amides is 1. The summed E-state index contributed by atoms with van der Waals surface area (Å²) in [6.45, 7) is 5.27. The molecule has 3 unspecified atom stereocenters. The lowest BCUT2D eigenvalue weighted by molar-refractivity contribution is -0.138. The number of hydrogen-bond acceptors (Lipinski definition) is 8. The van der Waals surface area contributed by atoms with Crippen molar-refractivity contribution in [3.8, 4) is 17.2 Å².